The first kappa shape index (κ1) is 14.3. The average molecular weight is 288 g/mol. The van der Waals surface area contributed by atoms with Crippen LogP contribution < -0.4 is 0 Å². The highest BCUT2D eigenvalue weighted by Gasteiger charge is 2.23. The summed E-state index contributed by atoms with van der Waals surface area (Å²) in [5.41, 5.74) is 2.44. The second-order valence-electron chi connectivity index (χ2n) is 6.93. The van der Waals surface area contributed by atoms with E-state index in [0.29, 0.717) is 0 Å². The van der Waals surface area contributed by atoms with Crippen LogP contribution in [-0.2, 0) is 25.0 Å². The van der Waals surface area contributed by atoms with E-state index < -0.39 is 0 Å². The molecule has 0 aliphatic carbocycles. The Kier molecular flexibility index (Phi) is 3.40. The Labute approximate surface area is 126 Å². The molecule has 5 nitrogen and oxygen atoms in total. The molecule has 114 valence electrons. The molecule has 0 saturated heterocycles. The number of fused-ring (bicyclic) bond motifs is 1. The minimum atomic E-state index is 0.0115. The molecule has 0 atom stereocenters. The lowest BCUT2D eigenvalue weighted by Gasteiger charge is -2.27. The second-order valence-corrected chi connectivity index (χ2v) is 6.93. The van der Waals surface area contributed by atoms with Crippen LogP contribution in [0.4, 0.5) is 0 Å². The van der Waals surface area contributed by atoms with Gasteiger partial charge in [0, 0.05) is 24.2 Å². The van der Waals surface area contributed by atoms with Crippen LogP contribution in [0.1, 0.15) is 49.6 Å². The third kappa shape index (κ3) is 2.75. The molecule has 0 amide bonds. The van der Waals surface area contributed by atoms with E-state index in [4.69, 9.17) is 4.42 Å². The van der Waals surface area contributed by atoms with Crippen molar-refractivity contribution in [1.82, 2.24) is 19.4 Å². The first-order chi connectivity index (χ1) is 9.84. The molecule has 2 aromatic rings. The van der Waals surface area contributed by atoms with Gasteiger partial charge in [0.25, 0.3) is 0 Å². The van der Waals surface area contributed by atoms with Crippen molar-refractivity contribution < 1.29 is 4.42 Å². The van der Waals surface area contributed by atoms with Gasteiger partial charge >= 0.3 is 0 Å². The zero-order valence-corrected chi connectivity index (χ0v) is 13.6. The van der Waals surface area contributed by atoms with Gasteiger partial charge in [-0.05, 0) is 13.8 Å². The molecule has 0 radical (unpaired) electrons. The summed E-state index contributed by atoms with van der Waals surface area (Å²) in [4.78, 5) is 11.4. The third-order valence-corrected chi connectivity index (χ3v) is 4.19. The van der Waals surface area contributed by atoms with Crippen LogP contribution in [0.15, 0.2) is 10.6 Å². The highest BCUT2D eigenvalue weighted by atomic mass is 16.4. The maximum atomic E-state index is 5.89. The Hall–Kier alpha value is -1.62. The van der Waals surface area contributed by atoms with Crippen molar-refractivity contribution in [2.45, 2.75) is 59.7 Å². The van der Waals surface area contributed by atoms with Gasteiger partial charge in [-0.2, -0.15) is 0 Å². The van der Waals surface area contributed by atoms with E-state index >= 15 is 0 Å². The number of aryl methyl sites for hydroxylation is 1. The number of rotatable bonds is 2. The normalized spacial score (nSPS) is 16.2. The quantitative estimate of drug-likeness (QED) is 0.852. The van der Waals surface area contributed by atoms with E-state index in [1.165, 1.54) is 5.69 Å². The molecule has 2 aromatic heterocycles. The van der Waals surface area contributed by atoms with E-state index in [1.807, 2.05) is 6.20 Å². The smallest absolute Gasteiger partial charge is 0.208 e. The molecule has 0 fully saturated rings. The molecule has 0 unspecified atom stereocenters. The van der Waals surface area contributed by atoms with Crippen LogP contribution in [-0.4, -0.2) is 26.0 Å². The van der Waals surface area contributed by atoms with Crippen molar-refractivity contribution in [2.75, 3.05) is 6.54 Å². The fourth-order valence-electron chi connectivity index (χ4n) is 2.72. The Bertz CT molecular complexity index is 648. The Morgan fingerprint density at radius 2 is 2.00 bits per heavy atom. The Morgan fingerprint density at radius 3 is 2.67 bits per heavy atom. The molecule has 3 heterocycles. The van der Waals surface area contributed by atoms with Crippen molar-refractivity contribution in [3.05, 3.63) is 35.1 Å². The van der Waals surface area contributed by atoms with E-state index in [9.17, 15) is 0 Å². The summed E-state index contributed by atoms with van der Waals surface area (Å²) in [5.74, 6) is 2.90. The summed E-state index contributed by atoms with van der Waals surface area (Å²) >= 11 is 0. The molecular formula is C16H24N4O. The molecule has 5 heteroatoms. The summed E-state index contributed by atoms with van der Waals surface area (Å²) in [6.45, 7) is 14.3. The van der Waals surface area contributed by atoms with Crippen LogP contribution in [0.2, 0.25) is 0 Å². The standard InChI is InChI=1S/C16H24N4O/c1-11-12(2)20-7-6-19(9-14(20)18-11)10-15-17-8-13(21-15)16(3,4)5/h8H,6-7,9-10H2,1-5H3. The molecule has 0 saturated carbocycles. The summed E-state index contributed by atoms with van der Waals surface area (Å²) in [6.07, 6.45) is 1.86. The third-order valence-electron chi connectivity index (χ3n) is 4.19. The van der Waals surface area contributed by atoms with Crippen molar-refractivity contribution in [2.24, 2.45) is 0 Å². The first-order valence-corrected chi connectivity index (χ1v) is 7.55. The summed E-state index contributed by atoms with van der Waals surface area (Å²) in [5, 5.41) is 0. The molecule has 21 heavy (non-hydrogen) atoms. The van der Waals surface area contributed by atoms with Gasteiger partial charge in [-0.1, -0.05) is 20.8 Å². The number of imidazole rings is 1. The SMILES string of the molecule is Cc1nc2n(c1C)CCN(Cc1ncc(C(C)(C)C)o1)C2. The molecule has 0 spiro atoms. The zero-order chi connectivity index (χ0) is 15.2. The summed E-state index contributed by atoms with van der Waals surface area (Å²) in [6, 6.07) is 0. The molecule has 0 aromatic carbocycles. The van der Waals surface area contributed by atoms with E-state index in [0.717, 1.165) is 49.3 Å². The fourth-order valence-corrected chi connectivity index (χ4v) is 2.72. The molecule has 3 rings (SSSR count). The van der Waals surface area contributed by atoms with Crippen molar-refractivity contribution in [3.63, 3.8) is 0 Å². The van der Waals surface area contributed by atoms with Gasteiger partial charge in [0.05, 0.1) is 25.0 Å². The predicted octanol–water partition coefficient (Wildman–Crippen LogP) is 2.80. The molecule has 0 bridgehead atoms. The summed E-state index contributed by atoms with van der Waals surface area (Å²) < 4.78 is 8.21. The van der Waals surface area contributed by atoms with Crippen molar-refractivity contribution in [1.29, 1.82) is 0 Å². The van der Waals surface area contributed by atoms with Crippen LogP contribution in [0, 0.1) is 13.8 Å². The largest absolute Gasteiger partial charge is 0.444 e. The lowest BCUT2D eigenvalue weighted by Crippen LogP contribution is -2.33. The van der Waals surface area contributed by atoms with Crippen LogP contribution in [0.3, 0.4) is 0 Å². The average Bonchev–Trinajstić information content (AvgIpc) is 2.96. The number of hydrogen-bond donors (Lipinski definition) is 0. The highest BCUT2D eigenvalue weighted by Crippen LogP contribution is 2.24. The van der Waals surface area contributed by atoms with Gasteiger partial charge < -0.3 is 8.98 Å². The predicted molar refractivity (Wildman–Crippen MR) is 81.0 cm³/mol. The van der Waals surface area contributed by atoms with Crippen molar-refractivity contribution in [3.8, 4) is 0 Å². The Morgan fingerprint density at radius 1 is 1.24 bits per heavy atom. The van der Waals surface area contributed by atoms with Crippen molar-refractivity contribution >= 4 is 0 Å². The van der Waals surface area contributed by atoms with Crippen LogP contribution in [0.5, 0.6) is 0 Å². The maximum absolute atomic E-state index is 5.89. The van der Waals surface area contributed by atoms with Gasteiger partial charge in [0.15, 0.2) is 0 Å². The summed E-state index contributed by atoms with van der Waals surface area (Å²) in [7, 11) is 0. The van der Waals surface area contributed by atoms with Gasteiger partial charge in [0.2, 0.25) is 5.89 Å². The van der Waals surface area contributed by atoms with Crippen LogP contribution >= 0.6 is 0 Å². The fraction of sp³-hybridized carbons (Fsp3) is 0.625. The molecule has 1 aliphatic rings. The van der Waals surface area contributed by atoms with Gasteiger partial charge in [0.1, 0.15) is 11.6 Å². The lowest BCUT2D eigenvalue weighted by molar-refractivity contribution is 0.186. The van der Waals surface area contributed by atoms with E-state index in [2.05, 4.69) is 54.1 Å². The number of aromatic nitrogens is 3. The van der Waals surface area contributed by atoms with Gasteiger partial charge in [-0.25, -0.2) is 9.97 Å². The minimum Gasteiger partial charge on any atom is -0.444 e. The van der Waals surface area contributed by atoms with E-state index in [-0.39, 0.29) is 5.41 Å². The van der Waals surface area contributed by atoms with Gasteiger partial charge in [-0.15, -0.1) is 0 Å². The molecule has 0 N–H and O–H groups in total. The first-order valence-electron chi connectivity index (χ1n) is 7.55. The second kappa shape index (κ2) is 4.98. The highest BCUT2D eigenvalue weighted by molar-refractivity contribution is 5.15. The van der Waals surface area contributed by atoms with E-state index in [1.54, 1.807) is 0 Å². The zero-order valence-electron chi connectivity index (χ0n) is 13.6. The topological polar surface area (TPSA) is 47.1 Å². The molecular weight excluding hydrogens is 264 g/mol. The Balaban J connectivity index is 1.71. The minimum absolute atomic E-state index is 0.0115. The maximum Gasteiger partial charge on any atom is 0.208 e. The number of oxazole rings is 1. The number of hydrogen-bond acceptors (Lipinski definition) is 4. The molecule has 1 aliphatic heterocycles. The van der Waals surface area contributed by atoms with Gasteiger partial charge in [-0.3, -0.25) is 4.90 Å². The monoisotopic (exact) mass is 288 g/mol. The van der Waals surface area contributed by atoms with Crippen LogP contribution in [0.25, 0.3) is 0 Å². The lowest BCUT2D eigenvalue weighted by atomic mass is 9.94. The number of nitrogens with zero attached hydrogens (tertiary/aromatic N) is 4.